The molecule has 9 nitrogen and oxygen atoms in total. The molecule has 1 saturated heterocycles. The van der Waals surface area contributed by atoms with Crippen molar-refractivity contribution in [3.63, 3.8) is 0 Å². The van der Waals surface area contributed by atoms with Crippen LogP contribution in [0.3, 0.4) is 0 Å². The van der Waals surface area contributed by atoms with Crippen LogP contribution in [0.1, 0.15) is 35.2 Å². The number of carbonyl (C=O) groups is 2. The summed E-state index contributed by atoms with van der Waals surface area (Å²) in [4.78, 5) is 32.5. The van der Waals surface area contributed by atoms with Crippen LogP contribution in [0.15, 0.2) is 107 Å². The summed E-state index contributed by atoms with van der Waals surface area (Å²) in [6, 6.07) is 23.1. The fraction of sp³-hybridized carbons (Fsp3) is 0.147. The first-order chi connectivity index (χ1) is 22.4. The highest BCUT2D eigenvalue weighted by Gasteiger charge is 2.48. The number of hydrogen-bond donors (Lipinski definition) is 1. The maximum absolute atomic E-state index is 13.7. The van der Waals surface area contributed by atoms with Crippen molar-refractivity contribution in [1.82, 2.24) is 15.2 Å². The normalized spacial score (nSPS) is 15.7. The summed E-state index contributed by atoms with van der Waals surface area (Å²) in [5.41, 5.74) is 2.59. The summed E-state index contributed by atoms with van der Waals surface area (Å²) in [5, 5.41) is 20.1. The first-order valence-electron chi connectivity index (χ1n) is 14.3. The molecule has 1 N–H and O–H groups in total. The van der Waals surface area contributed by atoms with E-state index in [1.807, 2.05) is 37.3 Å². The summed E-state index contributed by atoms with van der Waals surface area (Å²) >= 11 is 2.51. The lowest BCUT2D eigenvalue weighted by molar-refractivity contribution is -0.132. The third-order valence-corrected chi connectivity index (χ3v) is 9.22. The third kappa shape index (κ3) is 6.63. The second-order valence-electron chi connectivity index (χ2n) is 10.1. The number of anilines is 1. The maximum Gasteiger partial charge on any atom is 0.301 e. The number of benzene rings is 3. The molecule has 1 aliphatic rings. The zero-order valence-electron chi connectivity index (χ0n) is 24.5. The second kappa shape index (κ2) is 13.9. The summed E-state index contributed by atoms with van der Waals surface area (Å²) in [5.74, 6) is -0.981. The Hall–Kier alpha value is -5.07. The van der Waals surface area contributed by atoms with Crippen LogP contribution in [0.25, 0.3) is 5.76 Å². The van der Waals surface area contributed by atoms with E-state index in [2.05, 4.69) is 15.2 Å². The number of rotatable bonds is 11. The van der Waals surface area contributed by atoms with Gasteiger partial charge < -0.3 is 14.6 Å². The van der Waals surface area contributed by atoms with E-state index in [0.29, 0.717) is 45.9 Å². The fourth-order valence-corrected chi connectivity index (χ4v) is 6.74. The molecule has 2 aromatic heterocycles. The predicted molar refractivity (Wildman–Crippen MR) is 173 cm³/mol. The van der Waals surface area contributed by atoms with Gasteiger partial charge in [0.1, 0.15) is 18.2 Å². The van der Waals surface area contributed by atoms with Gasteiger partial charge in [0.25, 0.3) is 5.78 Å². The Bertz CT molecular complexity index is 1890. The quantitative estimate of drug-likeness (QED) is 0.0530. The number of nitrogens with zero attached hydrogens (tertiary/aromatic N) is 4. The van der Waals surface area contributed by atoms with E-state index in [-0.39, 0.29) is 22.3 Å². The molecular weight excluding hydrogens is 628 g/mol. The van der Waals surface area contributed by atoms with Gasteiger partial charge in [-0.15, -0.1) is 10.2 Å². The molecule has 0 spiro atoms. The zero-order valence-corrected chi connectivity index (χ0v) is 26.1. The average molecular weight is 655 g/mol. The molecule has 5 aromatic rings. The molecule has 0 aliphatic carbocycles. The van der Waals surface area contributed by atoms with Crippen molar-refractivity contribution in [2.45, 2.75) is 29.7 Å². The van der Waals surface area contributed by atoms with Crippen LogP contribution in [-0.4, -0.2) is 38.6 Å². The van der Waals surface area contributed by atoms with Crippen molar-refractivity contribution in [2.24, 2.45) is 0 Å². The third-order valence-electron chi connectivity index (χ3n) is 7.10. The van der Waals surface area contributed by atoms with Gasteiger partial charge in [-0.3, -0.25) is 19.5 Å². The fourth-order valence-electron chi connectivity index (χ4n) is 4.91. The van der Waals surface area contributed by atoms with Crippen molar-refractivity contribution in [1.29, 1.82) is 0 Å². The van der Waals surface area contributed by atoms with E-state index < -0.39 is 17.7 Å². The van der Waals surface area contributed by atoms with Gasteiger partial charge in [0.15, 0.2) is 15.8 Å². The molecule has 46 heavy (non-hydrogen) atoms. The Morgan fingerprint density at radius 1 is 0.935 bits per heavy atom. The van der Waals surface area contributed by atoms with Crippen LogP contribution in [0, 0.1) is 5.82 Å². The van der Waals surface area contributed by atoms with E-state index in [1.165, 1.54) is 41.2 Å². The number of pyridine rings is 1. The number of aromatic nitrogens is 3. The zero-order chi connectivity index (χ0) is 32.0. The predicted octanol–water partition coefficient (Wildman–Crippen LogP) is 6.97. The molecule has 0 saturated carbocycles. The van der Waals surface area contributed by atoms with Crippen molar-refractivity contribution in [3.05, 3.63) is 131 Å². The van der Waals surface area contributed by atoms with Gasteiger partial charge in [-0.05, 0) is 60.0 Å². The van der Waals surface area contributed by atoms with Crippen LogP contribution < -0.4 is 14.4 Å². The van der Waals surface area contributed by atoms with E-state index in [9.17, 15) is 19.1 Å². The lowest BCUT2D eigenvalue weighted by Crippen LogP contribution is -2.29. The monoisotopic (exact) mass is 654 g/mol. The number of carbonyl (C=O) groups excluding carboxylic acids is 2. The van der Waals surface area contributed by atoms with Gasteiger partial charge in [0, 0.05) is 23.7 Å². The molecule has 0 bridgehead atoms. The van der Waals surface area contributed by atoms with Crippen molar-refractivity contribution in [2.75, 3.05) is 11.5 Å². The van der Waals surface area contributed by atoms with E-state index in [0.717, 1.165) is 22.5 Å². The van der Waals surface area contributed by atoms with Crippen LogP contribution in [0.2, 0.25) is 0 Å². The van der Waals surface area contributed by atoms with E-state index >= 15 is 0 Å². The van der Waals surface area contributed by atoms with Crippen LogP contribution in [0.4, 0.5) is 9.52 Å². The Kier molecular flexibility index (Phi) is 9.36. The molecule has 1 amide bonds. The molecule has 1 aliphatic heterocycles. The van der Waals surface area contributed by atoms with E-state index in [4.69, 9.17) is 9.47 Å². The molecule has 3 aromatic carbocycles. The lowest BCUT2D eigenvalue weighted by Gasteiger charge is -2.23. The molecule has 12 heteroatoms. The molecule has 232 valence electrons. The largest absolute Gasteiger partial charge is 0.507 e. The summed E-state index contributed by atoms with van der Waals surface area (Å²) in [6.45, 7) is 2.49. The Morgan fingerprint density at radius 3 is 2.43 bits per heavy atom. The molecule has 1 unspecified atom stereocenters. The number of ether oxygens (including phenoxy) is 2. The molecule has 3 heterocycles. The van der Waals surface area contributed by atoms with Gasteiger partial charge in [0.05, 0.1) is 18.2 Å². The Morgan fingerprint density at radius 2 is 1.70 bits per heavy atom. The minimum absolute atomic E-state index is 0.104. The number of thioether (sulfide) groups is 1. The SMILES string of the molecule is CCOc1cc(C2C(=C(O)c3ccncc3)C(=O)C(=O)N2c2nnc(SCc3ccc(F)cc3)s2)ccc1OCc1ccccc1. The van der Waals surface area contributed by atoms with Crippen molar-refractivity contribution >= 4 is 45.7 Å². The number of ketones is 1. The Balaban J connectivity index is 1.38. The van der Waals surface area contributed by atoms with E-state index in [1.54, 1.807) is 42.5 Å². The number of aliphatic hydroxyl groups excluding tert-OH is 1. The summed E-state index contributed by atoms with van der Waals surface area (Å²) in [6.07, 6.45) is 2.98. The van der Waals surface area contributed by atoms with Crippen LogP contribution in [0.5, 0.6) is 11.5 Å². The standard InChI is InChI=1S/C34H27FN4O5S2/c1-2-43-27-18-24(10-13-26(27)44-19-21-6-4-3-5-7-21)29-28(30(40)23-14-16-36-17-15-23)31(41)32(42)39(29)33-37-38-34(46-33)45-20-22-8-11-25(35)12-9-22/h3-18,29,40H,2,19-20H2,1H3. The number of hydrogen-bond acceptors (Lipinski definition) is 10. The average Bonchev–Trinajstić information content (AvgIpc) is 3.66. The number of aliphatic hydroxyl groups is 1. The molecule has 0 radical (unpaired) electrons. The summed E-state index contributed by atoms with van der Waals surface area (Å²) < 4.78 is 25.9. The van der Waals surface area contributed by atoms with Crippen LogP contribution >= 0.6 is 23.1 Å². The highest BCUT2D eigenvalue weighted by atomic mass is 32.2. The van der Waals surface area contributed by atoms with Crippen molar-refractivity contribution < 1.29 is 28.6 Å². The topological polar surface area (TPSA) is 115 Å². The van der Waals surface area contributed by atoms with Crippen LogP contribution in [-0.2, 0) is 21.9 Å². The van der Waals surface area contributed by atoms with Gasteiger partial charge in [-0.2, -0.15) is 0 Å². The minimum Gasteiger partial charge on any atom is -0.507 e. The highest BCUT2D eigenvalue weighted by Crippen LogP contribution is 2.45. The molecule has 1 atom stereocenters. The summed E-state index contributed by atoms with van der Waals surface area (Å²) in [7, 11) is 0. The maximum atomic E-state index is 13.7. The minimum atomic E-state index is -1.04. The number of amides is 1. The van der Waals surface area contributed by atoms with Gasteiger partial charge in [0.2, 0.25) is 5.13 Å². The number of Topliss-reactive ketones (excluding diaryl/α,β-unsaturated/α-hetero) is 1. The van der Waals surface area contributed by atoms with Gasteiger partial charge >= 0.3 is 5.91 Å². The number of halogens is 1. The molecule has 6 rings (SSSR count). The van der Waals surface area contributed by atoms with Crippen molar-refractivity contribution in [3.8, 4) is 11.5 Å². The molecule has 1 fully saturated rings. The first kappa shape index (κ1) is 30.9. The van der Waals surface area contributed by atoms with Gasteiger partial charge in [-0.25, -0.2) is 4.39 Å². The second-order valence-corrected chi connectivity index (χ2v) is 12.3. The first-order valence-corrected chi connectivity index (χ1v) is 16.1. The Labute approximate surface area is 272 Å². The smallest absolute Gasteiger partial charge is 0.301 e. The lowest BCUT2D eigenvalue weighted by atomic mass is 9.95. The van der Waals surface area contributed by atoms with Gasteiger partial charge in [-0.1, -0.05) is 71.6 Å². The highest BCUT2D eigenvalue weighted by molar-refractivity contribution is 8.00. The molecular formula is C34H27FN4O5S2.